The first-order valence-electron chi connectivity index (χ1n) is 3.69. The lowest BCUT2D eigenvalue weighted by atomic mass is 10.2. The van der Waals surface area contributed by atoms with Crippen molar-refractivity contribution in [3.8, 4) is 5.75 Å². The largest absolute Gasteiger partial charge is 0.494 e. The van der Waals surface area contributed by atoms with Gasteiger partial charge in [-0.25, -0.2) is 18.2 Å². The molecule has 1 heterocycles. The Balaban J connectivity index is 3.47. The highest BCUT2D eigenvalue weighted by molar-refractivity contribution is 6.67. The van der Waals surface area contributed by atoms with Gasteiger partial charge >= 0.3 is 0 Å². The van der Waals surface area contributed by atoms with Crippen LogP contribution in [0.2, 0.25) is 0 Å². The molecule has 1 rings (SSSR count). The van der Waals surface area contributed by atoms with Gasteiger partial charge in [0, 0.05) is 0 Å². The van der Waals surface area contributed by atoms with Crippen LogP contribution < -0.4 is 4.74 Å². The number of hydrogen-bond acceptors (Lipinski definition) is 3. The van der Waals surface area contributed by atoms with Crippen LogP contribution in [0.15, 0.2) is 6.20 Å². The molecule has 0 atom stereocenters. The van der Waals surface area contributed by atoms with Crippen molar-refractivity contribution in [3.05, 3.63) is 23.3 Å². The third kappa shape index (κ3) is 2.20. The normalized spacial score (nSPS) is 10.5. The summed E-state index contributed by atoms with van der Waals surface area (Å²) in [5.41, 5.74) is -1.55. The molecule has 0 fully saturated rings. The first kappa shape index (κ1) is 11.8. The molecule has 0 amide bonds. The van der Waals surface area contributed by atoms with Gasteiger partial charge in [0.1, 0.15) is 0 Å². The molecule has 0 saturated carbocycles. The number of rotatable bonds is 3. The molecule has 7 heteroatoms. The lowest BCUT2D eigenvalue weighted by molar-refractivity contribution is 0.107. The van der Waals surface area contributed by atoms with Gasteiger partial charge in [-0.2, -0.15) is 0 Å². The third-order valence-electron chi connectivity index (χ3n) is 1.63. The minimum Gasteiger partial charge on any atom is -0.494 e. The minimum absolute atomic E-state index is 0.500. The Kier molecular flexibility index (Phi) is 3.52. The monoisotopic (exact) mass is 239 g/mol. The maximum absolute atomic E-state index is 13.0. The van der Waals surface area contributed by atoms with E-state index in [1.165, 1.54) is 0 Å². The van der Waals surface area contributed by atoms with E-state index in [9.17, 15) is 18.0 Å². The van der Waals surface area contributed by atoms with Gasteiger partial charge in [-0.1, -0.05) is 0 Å². The summed E-state index contributed by atoms with van der Waals surface area (Å²) >= 11 is 5.07. The number of aromatic nitrogens is 1. The number of halogens is 4. The van der Waals surface area contributed by atoms with Gasteiger partial charge in [0.15, 0.2) is 17.3 Å². The molecule has 0 spiro atoms. The quantitative estimate of drug-likeness (QED) is 0.761. The maximum Gasteiger partial charge on any atom is 0.274 e. The summed E-state index contributed by atoms with van der Waals surface area (Å²) in [6.07, 6.45) is -2.61. The van der Waals surface area contributed by atoms with Crippen molar-refractivity contribution in [3.63, 3.8) is 0 Å². The fourth-order valence-electron chi connectivity index (χ4n) is 1.04. The molecule has 0 aliphatic rings. The van der Waals surface area contributed by atoms with Crippen molar-refractivity contribution in [1.29, 1.82) is 0 Å². The Bertz CT molecular complexity index is 398. The fourth-order valence-corrected chi connectivity index (χ4v) is 1.17. The van der Waals surface area contributed by atoms with Gasteiger partial charge in [-0.15, -0.1) is 0 Å². The van der Waals surface area contributed by atoms with Crippen LogP contribution in [0.1, 0.15) is 22.5 Å². The molecule has 0 radical (unpaired) electrons. The van der Waals surface area contributed by atoms with Crippen LogP contribution in [-0.4, -0.2) is 17.3 Å². The van der Waals surface area contributed by atoms with E-state index in [2.05, 4.69) is 9.72 Å². The molecule has 0 bridgehead atoms. The molecule has 0 saturated heterocycles. The van der Waals surface area contributed by atoms with Gasteiger partial charge in [0.2, 0.25) is 0 Å². The summed E-state index contributed by atoms with van der Waals surface area (Å²) in [4.78, 5) is 14.0. The van der Waals surface area contributed by atoms with Gasteiger partial charge in [-0.05, 0) is 11.6 Å². The lowest BCUT2D eigenvalue weighted by Crippen LogP contribution is -2.05. The number of pyridine rings is 1. The van der Waals surface area contributed by atoms with E-state index >= 15 is 0 Å². The molecule has 0 aliphatic heterocycles. The molecular formula is C8H5ClF3NO2. The first-order chi connectivity index (χ1) is 6.99. The number of hydrogen-bond donors (Lipinski definition) is 0. The molecular weight excluding hydrogens is 235 g/mol. The van der Waals surface area contributed by atoms with Gasteiger partial charge < -0.3 is 4.74 Å². The lowest BCUT2D eigenvalue weighted by Gasteiger charge is -2.10. The number of carbonyl (C=O) groups excluding carboxylic acids is 1. The van der Waals surface area contributed by atoms with Crippen molar-refractivity contribution in [1.82, 2.24) is 4.98 Å². The molecule has 15 heavy (non-hydrogen) atoms. The zero-order valence-electron chi connectivity index (χ0n) is 7.43. The Morgan fingerprint density at radius 2 is 2.20 bits per heavy atom. The van der Waals surface area contributed by atoms with Crippen molar-refractivity contribution < 1.29 is 22.7 Å². The zero-order chi connectivity index (χ0) is 11.6. The van der Waals surface area contributed by atoms with Crippen LogP contribution in [0.3, 0.4) is 0 Å². The number of alkyl halides is 2. The fraction of sp³-hybridized carbons (Fsp3) is 0.250. The summed E-state index contributed by atoms with van der Waals surface area (Å²) in [6.45, 7) is 0. The van der Waals surface area contributed by atoms with Crippen LogP contribution in [-0.2, 0) is 0 Å². The molecule has 0 aliphatic carbocycles. The summed E-state index contributed by atoms with van der Waals surface area (Å²) in [6, 6.07) is 0. The maximum atomic E-state index is 13.0. The molecule has 1 aromatic heterocycles. The van der Waals surface area contributed by atoms with Crippen molar-refractivity contribution in [2.75, 3.05) is 7.11 Å². The van der Waals surface area contributed by atoms with E-state index < -0.39 is 34.5 Å². The highest BCUT2D eigenvalue weighted by Crippen LogP contribution is 2.33. The Hall–Kier alpha value is -1.30. The highest BCUT2D eigenvalue weighted by atomic mass is 35.5. The Morgan fingerprint density at radius 1 is 1.60 bits per heavy atom. The number of nitrogens with zero attached hydrogens (tertiary/aromatic N) is 1. The van der Waals surface area contributed by atoms with Crippen LogP contribution in [0.4, 0.5) is 13.2 Å². The smallest absolute Gasteiger partial charge is 0.274 e. The van der Waals surface area contributed by atoms with Gasteiger partial charge in [0.25, 0.3) is 11.7 Å². The summed E-state index contributed by atoms with van der Waals surface area (Å²) < 4.78 is 42.3. The van der Waals surface area contributed by atoms with Crippen molar-refractivity contribution in [2.24, 2.45) is 0 Å². The third-order valence-corrected chi connectivity index (χ3v) is 1.81. The van der Waals surface area contributed by atoms with E-state index in [1.807, 2.05) is 0 Å². The van der Waals surface area contributed by atoms with Crippen LogP contribution in [0.25, 0.3) is 0 Å². The summed E-state index contributed by atoms with van der Waals surface area (Å²) in [5.74, 6) is -1.88. The van der Waals surface area contributed by atoms with E-state index in [0.717, 1.165) is 7.11 Å². The van der Waals surface area contributed by atoms with Gasteiger partial charge in [0.05, 0.1) is 18.9 Å². The average Bonchev–Trinajstić information content (AvgIpc) is 2.15. The predicted octanol–water partition coefficient (Wildman–Crippen LogP) is 2.55. The highest BCUT2D eigenvalue weighted by Gasteiger charge is 2.25. The zero-order valence-corrected chi connectivity index (χ0v) is 8.19. The Labute approximate surface area is 87.8 Å². The molecule has 1 aromatic rings. The van der Waals surface area contributed by atoms with Crippen molar-refractivity contribution in [2.45, 2.75) is 6.43 Å². The topological polar surface area (TPSA) is 39.2 Å². The molecule has 82 valence electrons. The molecule has 0 N–H and O–H groups in total. The summed E-state index contributed by atoms with van der Waals surface area (Å²) in [7, 11) is 1.02. The van der Waals surface area contributed by atoms with Crippen LogP contribution in [0.5, 0.6) is 5.75 Å². The van der Waals surface area contributed by atoms with Crippen molar-refractivity contribution >= 4 is 16.8 Å². The SMILES string of the molecule is COc1c(C(=O)Cl)ncc(F)c1C(F)F. The summed E-state index contributed by atoms with van der Waals surface area (Å²) in [5, 5.41) is -1.09. The van der Waals surface area contributed by atoms with Gasteiger partial charge in [-0.3, -0.25) is 4.79 Å². The number of carbonyl (C=O) groups is 1. The number of ether oxygens (including phenoxy) is 1. The standard InChI is InChI=1S/C8H5ClF3NO2/c1-15-6-4(8(11)12)3(10)2-13-5(6)7(9)14/h2,8H,1H3. The second-order valence-corrected chi connectivity index (χ2v) is 2.82. The predicted molar refractivity (Wildman–Crippen MR) is 45.9 cm³/mol. The van der Waals surface area contributed by atoms with Crippen LogP contribution in [0, 0.1) is 5.82 Å². The molecule has 0 unspecified atom stereocenters. The second-order valence-electron chi connectivity index (χ2n) is 2.48. The Morgan fingerprint density at radius 3 is 2.60 bits per heavy atom. The van der Waals surface area contributed by atoms with Crippen LogP contribution >= 0.6 is 11.6 Å². The minimum atomic E-state index is -3.11. The van der Waals surface area contributed by atoms with E-state index in [0.29, 0.717) is 6.20 Å². The van der Waals surface area contributed by atoms with E-state index in [4.69, 9.17) is 11.6 Å². The van der Waals surface area contributed by atoms with E-state index in [-0.39, 0.29) is 0 Å². The van der Waals surface area contributed by atoms with E-state index in [1.54, 1.807) is 0 Å². The molecule has 0 aromatic carbocycles. The first-order valence-corrected chi connectivity index (χ1v) is 4.07. The average molecular weight is 240 g/mol. The number of methoxy groups -OCH3 is 1. The second kappa shape index (κ2) is 4.48. The molecule has 3 nitrogen and oxygen atoms in total.